The number of hydrogen-bond acceptors (Lipinski definition) is 12. The van der Waals surface area contributed by atoms with Gasteiger partial charge in [-0.3, -0.25) is 0 Å². The number of carbonyl (C=O) groups is 3. The third-order valence-electron chi connectivity index (χ3n) is 5.87. The van der Waals surface area contributed by atoms with E-state index in [0.29, 0.717) is 5.56 Å². The zero-order chi connectivity index (χ0) is 28.2. The number of phenolic OH excluding ortho intramolecular Hbond substituents is 3. The van der Waals surface area contributed by atoms with Crippen molar-refractivity contribution in [3.05, 3.63) is 47.5 Å². The smallest absolute Gasteiger partial charge is 0.338 e. The Bertz CT molecular complexity index is 1230. The SMILES string of the molecule is COc1cc(C(=O)O[C@H]2C[C@](O)(C(=O)O)C[C@H](O)[C@H]2OC(=O)C=Cc2ccc(O)c(O)c2)cc(OC)c1O. The lowest BCUT2D eigenvalue weighted by Crippen LogP contribution is -2.58. The Morgan fingerprint density at radius 1 is 0.947 bits per heavy atom. The molecule has 0 aliphatic heterocycles. The maximum Gasteiger partial charge on any atom is 0.338 e. The first kappa shape index (κ1) is 28.1. The molecule has 0 spiro atoms. The number of carbonyl (C=O) groups excluding carboxylic acids is 2. The molecule has 3 rings (SSSR count). The number of benzene rings is 2. The minimum absolute atomic E-state index is 0.129. The summed E-state index contributed by atoms with van der Waals surface area (Å²) in [6, 6.07) is 6.01. The van der Waals surface area contributed by atoms with E-state index in [9.17, 15) is 45.0 Å². The maximum absolute atomic E-state index is 12.9. The van der Waals surface area contributed by atoms with Gasteiger partial charge in [-0.15, -0.1) is 0 Å². The summed E-state index contributed by atoms with van der Waals surface area (Å²) in [6.07, 6.45) is -4.17. The summed E-state index contributed by atoms with van der Waals surface area (Å²) in [6.45, 7) is 0. The average molecular weight is 534 g/mol. The van der Waals surface area contributed by atoms with E-state index in [1.807, 2.05) is 0 Å². The second-order valence-electron chi connectivity index (χ2n) is 8.47. The summed E-state index contributed by atoms with van der Waals surface area (Å²) < 4.78 is 20.6. The van der Waals surface area contributed by atoms with Gasteiger partial charge in [0, 0.05) is 18.9 Å². The largest absolute Gasteiger partial charge is 0.504 e. The zero-order valence-electron chi connectivity index (χ0n) is 20.2. The van der Waals surface area contributed by atoms with E-state index < -0.39 is 60.4 Å². The Balaban J connectivity index is 1.85. The molecule has 1 saturated carbocycles. The average Bonchev–Trinajstić information content (AvgIpc) is 2.86. The minimum Gasteiger partial charge on any atom is -0.504 e. The van der Waals surface area contributed by atoms with Gasteiger partial charge in [-0.2, -0.15) is 0 Å². The summed E-state index contributed by atoms with van der Waals surface area (Å²) >= 11 is 0. The minimum atomic E-state index is -2.49. The monoisotopic (exact) mass is 534 g/mol. The summed E-state index contributed by atoms with van der Waals surface area (Å²) in [5.74, 6) is -5.21. The van der Waals surface area contributed by atoms with E-state index in [4.69, 9.17) is 18.9 Å². The van der Waals surface area contributed by atoms with Crippen LogP contribution in [0.15, 0.2) is 36.4 Å². The third kappa shape index (κ3) is 6.07. The lowest BCUT2D eigenvalue weighted by atomic mass is 9.79. The van der Waals surface area contributed by atoms with Crippen LogP contribution in [-0.2, 0) is 19.1 Å². The molecule has 2 aromatic carbocycles. The predicted molar refractivity (Wildman–Crippen MR) is 127 cm³/mol. The van der Waals surface area contributed by atoms with Crippen molar-refractivity contribution in [2.24, 2.45) is 0 Å². The molecule has 13 heteroatoms. The summed E-state index contributed by atoms with van der Waals surface area (Å²) in [5, 5.41) is 59.5. The van der Waals surface area contributed by atoms with Crippen LogP contribution in [0.3, 0.4) is 0 Å². The molecule has 0 bridgehead atoms. The van der Waals surface area contributed by atoms with Crippen LogP contribution in [0.5, 0.6) is 28.7 Å². The fourth-order valence-corrected chi connectivity index (χ4v) is 3.88. The van der Waals surface area contributed by atoms with Crippen LogP contribution in [0.2, 0.25) is 0 Å². The van der Waals surface area contributed by atoms with Crippen LogP contribution in [0.4, 0.5) is 0 Å². The summed E-state index contributed by atoms with van der Waals surface area (Å²) in [5.41, 5.74) is -2.36. The van der Waals surface area contributed by atoms with Gasteiger partial charge in [0.05, 0.1) is 25.9 Å². The maximum atomic E-state index is 12.9. The molecule has 0 aromatic heterocycles. The highest BCUT2D eigenvalue weighted by atomic mass is 16.6. The molecule has 204 valence electrons. The molecule has 0 radical (unpaired) electrons. The van der Waals surface area contributed by atoms with E-state index in [0.717, 1.165) is 18.2 Å². The Labute approximate surface area is 215 Å². The number of aromatic hydroxyl groups is 3. The third-order valence-corrected chi connectivity index (χ3v) is 5.87. The molecule has 38 heavy (non-hydrogen) atoms. The van der Waals surface area contributed by atoms with Gasteiger partial charge < -0.3 is 49.6 Å². The van der Waals surface area contributed by atoms with E-state index in [-0.39, 0.29) is 28.6 Å². The van der Waals surface area contributed by atoms with Crippen molar-refractivity contribution in [2.45, 2.75) is 36.8 Å². The topological polar surface area (TPSA) is 210 Å². The second kappa shape index (κ2) is 11.3. The Kier molecular flexibility index (Phi) is 8.33. The van der Waals surface area contributed by atoms with E-state index in [1.54, 1.807) is 0 Å². The molecule has 13 nitrogen and oxygen atoms in total. The lowest BCUT2D eigenvalue weighted by molar-refractivity contribution is -0.197. The van der Waals surface area contributed by atoms with Gasteiger partial charge in [0.15, 0.2) is 34.7 Å². The van der Waals surface area contributed by atoms with Crippen LogP contribution < -0.4 is 9.47 Å². The number of hydrogen-bond donors (Lipinski definition) is 6. The van der Waals surface area contributed by atoms with Crippen molar-refractivity contribution < 1.29 is 64.0 Å². The summed E-state index contributed by atoms with van der Waals surface area (Å²) in [7, 11) is 2.47. The number of methoxy groups -OCH3 is 2. The fourth-order valence-electron chi connectivity index (χ4n) is 3.88. The highest BCUT2D eigenvalue weighted by Crippen LogP contribution is 2.38. The van der Waals surface area contributed by atoms with Gasteiger partial charge in [-0.1, -0.05) is 6.07 Å². The van der Waals surface area contributed by atoms with Crippen molar-refractivity contribution in [1.82, 2.24) is 0 Å². The van der Waals surface area contributed by atoms with Gasteiger partial charge in [-0.05, 0) is 35.9 Å². The second-order valence-corrected chi connectivity index (χ2v) is 8.47. The standard InChI is InChI=1S/C25H26O13/c1-35-17-8-13(9-18(36-2)21(17)30)23(31)37-19-11-25(34,24(32)33)10-16(28)22(19)38-20(29)6-4-12-3-5-14(26)15(27)7-12/h3-9,16,19,22,26-28,30,34H,10-11H2,1-2H3,(H,32,33)/t16-,19-,22+,25-/m0/s1. The fraction of sp³-hybridized carbons (Fsp3) is 0.320. The molecule has 6 N–H and O–H groups in total. The Morgan fingerprint density at radius 2 is 1.58 bits per heavy atom. The molecular formula is C25H26O13. The summed E-state index contributed by atoms with van der Waals surface area (Å²) in [4.78, 5) is 37.0. The Hall–Kier alpha value is -4.49. The molecule has 0 amide bonds. The molecule has 1 aliphatic carbocycles. The Morgan fingerprint density at radius 3 is 2.13 bits per heavy atom. The number of phenols is 3. The van der Waals surface area contributed by atoms with Crippen LogP contribution in [0, 0.1) is 0 Å². The number of ether oxygens (including phenoxy) is 4. The number of rotatable bonds is 8. The van der Waals surface area contributed by atoms with Crippen molar-refractivity contribution >= 4 is 24.0 Å². The molecule has 0 saturated heterocycles. The van der Waals surface area contributed by atoms with Gasteiger partial charge in [0.25, 0.3) is 0 Å². The van der Waals surface area contributed by atoms with Crippen LogP contribution in [0.1, 0.15) is 28.8 Å². The van der Waals surface area contributed by atoms with Gasteiger partial charge >= 0.3 is 17.9 Å². The highest BCUT2D eigenvalue weighted by Gasteiger charge is 2.52. The molecule has 2 aromatic rings. The van der Waals surface area contributed by atoms with Crippen molar-refractivity contribution in [1.29, 1.82) is 0 Å². The first-order valence-corrected chi connectivity index (χ1v) is 11.1. The molecule has 4 atom stereocenters. The van der Waals surface area contributed by atoms with Crippen LogP contribution >= 0.6 is 0 Å². The first-order chi connectivity index (χ1) is 17.9. The van der Waals surface area contributed by atoms with E-state index in [1.165, 1.54) is 38.5 Å². The van der Waals surface area contributed by atoms with Crippen molar-refractivity contribution in [2.75, 3.05) is 14.2 Å². The number of esters is 2. The first-order valence-electron chi connectivity index (χ1n) is 11.1. The number of carboxylic acid groups (broad SMARTS) is 1. The van der Waals surface area contributed by atoms with Crippen LogP contribution in [0.25, 0.3) is 6.08 Å². The highest BCUT2D eigenvalue weighted by molar-refractivity contribution is 5.91. The van der Waals surface area contributed by atoms with E-state index >= 15 is 0 Å². The quantitative estimate of drug-likeness (QED) is 0.158. The molecule has 0 heterocycles. The predicted octanol–water partition coefficient (Wildman–Crippen LogP) is 0.942. The van der Waals surface area contributed by atoms with Crippen LogP contribution in [-0.4, -0.2) is 86.7 Å². The van der Waals surface area contributed by atoms with Gasteiger partial charge in [0.2, 0.25) is 5.75 Å². The van der Waals surface area contributed by atoms with Gasteiger partial charge in [0.1, 0.15) is 6.10 Å². The number of aliphatic hydroxyl groups is 2. The zero-order valence-corrected chi connectivity index (χ0v) is 20.2. The van der Waals surface area contributed by atoms with Crippen molar-refractivity contribution in [3.63, 3.8) is 0 Å². The molecule has 0 unspecified atom stereocenters. The number of carboxylic acids is 1. The van der Waals surface area contributed by atoms with E-state index in [2.05, 4.69) is 0 Å². The normalized spacial score (nSPS) is 23.0. The molecule has 1 fully saturated rings. The van der Waals surface area contributed by atoms with Crippen molar-refractivity contribution in [3.8, 4) is 28.7 Å². The number of aliphatic hydroxyl groups excluding tert-OH is 1. The lowest BCUT2D eigenvalue weighted by Gasteiger charge is -2.40. The molecule has 1 aliphatic rings. The van der Waals surface area contributed by atoms with Gasteiger partial charge in [-0.25, -0.2) is 14.4 Å². The molecular weight excluding hydrogens is 508 g/mol. The number of aliphatic carboxylic acids is 1.